The van der Waals surface area contributed by atoms with E-state index in [0.717, 1.165) is 12.0 Å². The van der Waals surface area contributed by atoms with E-state index in [1.165, 1.54) is 39.1 Å². The summed E-state index contributed by atoms with van der Waals surface area (Å²) in [6, 6.07) is 8.90. The SMILES string of the molecule is CN1c2c3c(c4c(c2C2C=CC=CC21)CNC4=O)-c1ccccc1C3. The molecule has 4 aliphatic rings. The van der Waals surface area contributed by atoms with Gasteiger partial charge >= 0.3 is 0 Å². The molecule has 2 aromatic rings. The molecule has 0 fully saturated rings. The molecule has 0 spiro atoms. The Morgan fingerprint density at radius 3 is 2.84 bits per heavy atom. The van der Waals surface area contributed by atoms with Gasteiger partial charge in [0.25, 0.3) is 5.91 Å². The molecule has 2 unspecified atom stereocenters. The summed E-state index contributed by atoms with van der Waals surface area (Å²) in [5.74, 6) is 0.438. The minimum atomic E-state index is 0.0900. The number of amides is 1. The van der Waals surface area contributed by atoms with E-state index in [-0.39, 0.29) is 5.91 Å². The third-order valence-electron chi connectivity index (χ3n) is 6.27. The van der Waals surface area contributed by atoms with Crippen molar-refractivity contribution in [3.63, 3.8) is 0 Å². The molecule has 1 amide bonds. The lowest BCUT2D eigenvalue weighted by Gasteiger charge is -2.25. The van der Waals surface area contributed by atoms with E-state index in [0.29, 0.717) is 18.5 Å². The van der Waals surface area contributed by atoms with Crippen LogP contribution in [0.1, 0.15) is 38.5 Å². The fraction of sp³-hybridized carbons (Fsp3) is 0.227. The van der Waals surface area contributed by atoms with Gasteiger partial charge in [-0.3, -0.25) is 4.79 Å². The van der Waals surface area contributed by atoms with E-state index >= 15 is 0 Å². The van der Waals surface area contributed by atoms with E-state index in [4.69, 9.17) is 0 Å². The van der Waals surface area contributed by atoms with Crippen molar-refractivity contribution < 1.29 is 4.79 Å². The Labute approximate surface area is 146 Å². The lowest BCUT2D eigenvalue weighted by molar-refractivity contribution is 0.0966. The minimum Gasteiger partial charge on any atom is -0.367 e. The van der Waals surface area contributed by atoms with Gasteiger partial charge in [0.15, 0.2) is 0 Å². The van der Waals surface area contributed by atoms with Gasteiger partial charge in [-0.05, 0) is 27.8 Å². The molecule has 0 saturated heterocycles. The number of hydrogen-bond donors (Lipinski definition) is 1. The summed E-state index contributed by atoms with van der Waals surface area (Å²) in [6.07, 6.45) is 9.79. The van der Waals surface area contributed by atoms with Crippen LogP contribution in [0.15, 0.2) is 48.6 Å². The zero-order valence-corrected chi connectivity index (χ0v) is 14.0. The molecular weight excluding hydrogens is 308 g/mol. The second-order valence-corrected chi connectivity index (χ2v) is 7.38. The first kappa shape index (κ1) is 13.5. The predicted molar refractivity (Wildman–Crippen MR) is 99.1 cm³/mol. The Morgan fingerprint density at radius 1 is 1.08 bits per heavy atom. The number of nitrogens with zero attached hydrogens (tertiary/aromatic N) is 1. The van der Waals surface area contributed by atoms with E-state index in [1.807, 2.05) is 0 Å². The van der Waals surface area contributed by atoms with Gasteiger partial charge in [0.1, 0.15) is 0 Å². The number of carbonyl (C=O) groups excluding carboxylic acids is 1. The van der Waals surface area contributed by atoms with Gasteiger partial charge in [0.05, 0.1) is 11.6 Å². The molecule has 0 bridgehead atoms. The third kappa shape index (κ3) is 1.50. The number of allylic oxidation sites excluding steroid dienone is 2. The van der Waals surface area contributed by atoms with Crippen molar-refractivity contribution in [2.45, 2.75) is 24.9 Å². The highest BCUT2D eigenvalue weighted by atomic mass is 16.1. The lowest BCUT2D eigenvalue weighted by Crippen LogP contribution is -2.29. The zero-order chi connectivity index (χ0) is 16.7. The molecule has 2 aliphatic heterocycles. The Hall–Kier alpha value is -2.81. The number of rotatable bonds is 0. The molecule has 3 nitrogen and oxygen atoms in total. The van der Waals surface area contributed by atoms with Gasteiger partial charge in [-0.2, -0.15) is 0 Å². The lowest BCUT2D eigenvalue weighted by atomic mass is 9.84. The molecule has 3 heteroatoms. The van der Waals surface area contributed by atoms with Crippen molar-refractivity contribution >= 4 is 11.6 Å². The van der Waals surface area contributed by atoms with Crippen LogP contribution < -0.4 is 10.2 Å². The second kappa shape index (κ2) is 4.42. The van der Waals surface area contributed by atoms with Gasteiger partial charge in [-0.25, -0.2) is 0 Å². The normalized spacial score (nSPS) is 23.9. The first-order valence-electron chi connectivity index (χ1n) is 8.91. The summed E-state index contributed by atoms with van der Waals surface area (Å²) in [4.78, 5) is 15.1. The predicted octanol–water partition coefficient (Wildman–Crippen LogP) is 3.53. The van der Waals surface area contributed by atoms with E-state index in [9.17, 15) is 4.79 Å². The number of carbonyl (C=O) groups is 1. The van der Waals surface area contributed by atoms with Crippen LogP contribution in [0.4, 0.5) is 5.69 Å². The Kier molecular flexibility index (Phi) is 2.38. The number of fused-ring (bicyclic) bond motifs is 10. The highest BCUT2D eigenvalue weighted by molar-refractivity contribution is 6.09. The molecule has 122 valence electrons. The quantitative estimate of drug-likeness (QED) is 0.685. The van der Waals surface area contributed by atoms with Crippen LogP contribution in [0.2, 0.25) is 0 Å². The molecule has 0 aromatic heterocycles. The number of nitrogens with one attached hydrogen (secondary N) is 1. The van der Waals surface area contributed by atoms with Crippen molar-refractivity contribution in [3.05, 3.63) is 76.4 Å². The van der Waals surface area contributed by atoms with Crippen LogP contribution >= 0.6 is 0 Å². The van der Waals surface area contributed by atoms with Crippen molar-refractivity contribution in [3.8, 4) is 11.1 Å². The molecule has 0 saturated carbocycles. The Balaban J connectivity index is 1.74. The van der Waals surface area contributed by atoms with Crippen LogP contribution in [0.3, 0.4) is 0 Å². The number of hydrogen-bond acceptors (Lipinski definition) is 2. The van der Waals surface area contributed by atoms with Crippen molar-refractivity contribution in [2.24, 2.45) is 0 Å². The van der Waals surface area contributed by atoms with Gasteiger partial charge < -0.3 is 10.2 Å². The maximum absolute atomic E-state index is 12.7. The van der Waals surface area contributed by atoms with Crippen LogP contribution in [0, 0.1) is 0 Å². The summed E-state index contributed by atoms with van der Waals surface area (Å²) >= 11 is 0. The third-order valence-corrected chi connectivity index (χ3v) is 6.27. The molecule has 2 aromatic carbocycles. The highest BCUT2D eigenvalue weighted by Gasteiger charge is 2.44. The Bertz CT molecular complexity index is 1030. The van der Waals surface area contributed by atoms with Crippen molar-refractivity contribution in [2.75, 3.05) is 11.9 Å². The van der Waals surface area contributed by atoms with Gasteiger partial charge in [0, 0.05) is 37.2 Å². The van der Waals surface area contributed by atoms with Crippen LogP contribution in [-0.2, 0) is 13.0 Å². The summed E-state index contributed by atoms with van der Waals surface area (Å²) < 4.78 is 0. The molecule has 25 heavy (non-hydrogen) atoms. The molecule has 2 atom stereocenters. The molecule has 1 N–H and O–H groups in total. The number of likely N-dealkylation sites (N-methyl/N-ethyl adjacent to an activating group) is 1. The van der Waals surface area contributed by atoms with Gasteiger partial charge in [0.2, 0.25) is 0 Å². The maximum Gasteiger partial charge on any atom is 0.252 e. The van der Waals surface area contributed by atoms with E-state index in [2.05, 4.69) is 65.8 Å². The summed E-state index contributed by atoms with van der Waals surface area (Å²) in [6.45, 7) is 0.653. The average molecular weight is 326 g/mol. The summed E-state index contributed by atoms with van der Waals surface area (Å²) in [5, 5.41) is 3.09. The van der Waals surface area contributed by atoms with E-state index < -0.39 is 0 Å². The first-order valence-corrected chi connectivity index (χ1v) is 8.91. The molecule has 0 radical (unpaired) electrons. The van der Waals surface area contributed by atoms with Gasteiger partial charge in [-0.1, -0.05) is 48.6 Å². The monoisotopic (exact) mass is 326 g/mol. The zero-order valence-electron chi connectivity index (χ0n) is 14.0. The van der Waals surface area contributed by atoms with Gasteiger partial charge in [-0.15, -0.1) is 0 Å². The molecule has 6 rings (SSSR count). The standard InChI is InChI=1S/C22H18N2O/c1-24-17-9-5-4-8-14(17)19-16-11-23-22(25)20(16)18-13-7-3-2-6-12(13)10-15(18)21(19)24/h2-9,14,17H,10-11H2,1H3,(H,23,25). The molecule has 2 heterocycles. The smallest absolute Gasteiger partial charge is 0.252 e. The molecule has 2 aliphatic carbocycles. The molecular formula is C22H18N2O. The van der Waals surface area contributed by atoms with Crippen LogP contribution in [0.25, 0.3) is 11.1 Å². The van der Waals surface area contributed by atoms with Crippen LogP contribution in [-0.4, -0.2) is 19.0 Å². The minimum absolute atomic E-state index is 0.0900. The maximum atomic E-state index is 12.7. The second-order valence-electron chi connectivity index (χ2n) is 7.38. The fourth-order valence-electron chi connectivity index (χ4n) is 5.27. The summed E-state index contributed by atoms with van der Waals surface area (Å²) in [5.41, 5.74) is 9.96. The number of anilines is 1. The van der Waals surface area contributed by atoms with Crippen molar-refractivity contribution in [1.82, 2.24) is 5.32 Å². The largest absolute Gasteiger partial charge is 0.367 e. The van der Waals surface area contributed by atoms with E-state index in [1.54, 1.807) is 0 Å². The topological polar surface area (TPSA) is 32.3 Å². The van der Waals surface area contributed by atoms with Crippen molar-refractivity contribution in [1.29, 1.82) is 0 Å². The average Bonchev–Trinajstić information content (AvgIpc) is 3.28. The first-order chi connectivity index (χ1) is 12.3. The fourth-order valence-corrected chi connectivity index (χ4v) is 5.27. The summed E-state index contributed by atoms with van der Waals surface area (Å²) in [7, 11) is 2.20. The number of benzene rings is 2. The highest BCUT2D eigenvalue weighted by Crippen LogP contribution is 2.54. The van der Waals surface area contributed by atoms with Crippen LogP contribution in [0.5, 0.6) is 0 Å². The Morgan fingerprint density at radius 2 is 1.92 bits per heavy atom.